The Morgan fingerprint density at radius 3 is 2.76 bits per heavy atom. The lowest BCUT2D eigenvalue weighted by atomic mass is 9.88. The fraction of sp³-hybridized carbons (Fsp3) is 0.412. The molecule has 0 spiro atoms. The zero-order valence-electron chi connectivity index (χ0n) is 13.7. The van der Waals surface area contributed by atoms with Crippen LogP contribution in [0, 0.1) is 6.92 Å². The topological polar surface area (TPSA) is 76.1 Å². The number of benzene rings is 1. The van der Waals surface area contributed by atoms with E-state index in [1.54, 1.807) is 18.4 Å². The van der Waals surface area contributed by atoms with Crippen LogP contribution in [0.4, 0.5) is 0 Å². The van der Waals surface area contributed by atoms with Crippen LogP contribution in [-0.4, -0.2) is 43.8 Å². The van der Waals surface area contributed by atoms with Gasteiger partial charge in [0, 0.05) is 19.0 Å². The van der Waals surface area contributed by atoms with E-state index in [2.05, 4.69) is 0 Å². The summed E-state index contributed by atoms with van der Waals surface area (Å²) in [5, 5.41) is 12.4. The summed E-state index contributed by atoms with van der Waals surface area (Å²) >= 11 is 1.22. The lowest BCUT2D eigenvalue weighted by Crippen LogP contribution is -2.45. The summed E-state index contributed by atoms with van der Waals surface area (Å²) in [6.07, 6.45) is -0.200. The monoisotopic (exact) mass is 381 g/mol. The van der Waals surface area contributed by atoms with E-state index in [-0.39, 0.29) is 19.3 Å². The van der Waals surface area contributed by atoms with Gasteiger partial charge in [-0.3, -0.25) is 0 Å². The Labute approximate surface area is 150 Å². The largest absolute Gasteiger partial charge is 0.454 e. The fourth-order valence-electron chi connectivity index (χ4n) is 3.39. The Kier molecular flexibility index (Phi) is 4.23. The Bertz CT molecular complexity index is 892. The van der Waals surface area contributed by atoms with E-state index < -0.39 is 16.1 Å². The number of β-amino-alcohol motifs (C(OH)–C–C–N with tert-alkyl or cyclic N) is 1. The predicted molar refractivity (Wildman–Crippen MR) is 93.7 cm³/mol. The number of aryl methyl sites for hydroxylation is 1. The molecule has 8 heteroatoms. The van der Waals surface area contributed by atoms with Gasteiger partial charge in [0.2, 0.25) is 6.79 Å². The van der Waals surface area contributed by atoms with Gasteiger partial charge in [-0.2, -0.15) is 4.31 Å². The molecule has 1 saturated heterocycles. The Balaban J connectivity index is 1.54. The smallest absolute Gasteiger partial charge is 0.252 e. The van der Waals surface area contributed by atoms with Crippen LogP contribution < -0.4 is 9.47 Å². The van der Waals surface area contributed by atoms with Crippen molar-refractivity contribution >= 4 is 21.4 Å². The van der Waals surface area contributed by atoms with E-state index in [0.717, 1.165) is 11.1 Å². The summed E-state index contributed by atoms with van der Waals surface area (Å²) in [7, 11) is -3.55. The van der Waals surface area contributed by atoms with Crippen LogP contribution in [0.2, 0.25) is 0 Å². The highest BCUT2D eigenvalue weighted by molar-refractivity contribution is 7.91. The number of aliphatic hydroxyl groups is 1. The molecule has 25 heavy (non-hydrogen) atoms. The van der Waals surface area contributed by atoms with Crippen molar-refractivity contribution in [1.82, 2.24) is 4.31 Å². The number of ether oxygens (including phenoxy) is 2. The molecule has 134 valence electrons. The molecule has 1 N–H and O–H groups in total. The minimum Gasteiger partial charge on any atom is -0.454 e. The molecule has 2 aliphatic heterocycles. The van der Waals surface area contributed by atoms with Crippen molar-refractivity contribution in [3.05, 3.63) is 40.8 Å². The average Bonchev–Trinajstić information content (AvgIpc) is 3.22. The number of sulfonamides is 1. The first-order valence-electron chi connectivity index (χ1n) is 8.08. The zero-order valence-corrected chi connectivity index (χ0v) is 15.3. The van der Waals surface area contributed by atoms with E-state index in [1.165, 1.54) is 15.6 Å². The van der Waals surface area contributed by atoms with E-state index in [4.69, 9.17) is 9.47 Å². The molecule has 2 aromatic rings. The first-order valence-corrected chi connectivity index (χ1v) is 10.4. The number of rotatable bonds is 3. The molecule has 2 atom stereocenters. The average molecular weight is 381 g/mol. The maximum atomic E-state index is 12.8. The lowest BCUT2D eigenvalue weighted by molar-refractivity contribution is 0.0854. The number of piperidine rings is 1. The molecular weight excluding hydrogens is 362 g/mol. The van der Waals surface area contributed by atoms with Crippen molar-refractivity contribution in [3.63, 3.8) is 0 Å². The van der Waals surface area contributed by atoms with Crippen LogP contribution in [0.3, 0.4) is 0 Å². The van der Waals surface area contributed by atoms with Crippen molar-refractivity contribution in [3.8, 4) is 11.5 Å². The van der Waals surface area contributed by atoms with Crippen molar-refractivity contribution in [2.45, 2.75) is 29.6 Å². The van der Waals surface area contributed by atoms with Crippen LogP contribution in [0.25, 0.3) is 0 Å². The van der Waals surface area contributed by atoms with Crippen LogP contribution in [0.15, 0.2) is 33.9 Å². The van der Waals surface area contributed by atoms with Gasteiger partial charge in [-0.05, 0) is 48.1 Å². The molecule has 2 aliphatic rings. The first-order chi connectivity index (χ1) is 12.0. The summed E-state index contributed by atoms with van der Waals surface area (Å²) in [5.74, 6) is 1.26. The second kappa shape index (κ2) is 6.28. The number of nitrogens with zero attached hydrogens (tertiary/aromatic N) is 1. The molecule has 6 nitrogen and oxygen atoms in total. The lowest BCUT2D eigenvalue weighted by Gasteiger charge is -2.35. The molecule has 0 unspecified atom stereocenters. The normalized spacial score (nSPS) is 23.8. The first kappa shape index (κ1) is 16.8. The quantitative estimate of drug-likeness (QED) is 0.883. The summed E-state index contributed by atoms with van der Waals surface area (Å²) in [4.78, 5) is 0. The van der Waals surface area contributed by atoms with Gasteiger partial charge in [0.25, 0.3) is 10.0 Å². The standard InChI is InChI=1S/C17H19NO5S2/c1-11-5-7-24-17(11)25(20,21)18-6-4-13(14(19)9-18)12-2-3-15-16(8-12)23-10-22-15/h2-3,5,7-8,13-14,19H,4,6,9-10H2,1H3/t13-,14+/m0/s1. The maximum absolute atomic E-state index is 12.8. The molecule has 1 aromatic heterocycles. The van der Waals surface area contributed by atoms with Crippen LogP contribution in [0.5, 0.6) is 11.5 Å². The van der Waals surface area contributed by atoms with Gasteiger partial charge in [-0.25, -0.2) is 8.42 Å². The summed E-state index contributed by atoms with van der Waals surface area (Å²) in [6, 6.07) is 7.43. The highest BCUT2D eigenvalue weighted by Gasteiger charge is 2.36. The molecule has 0 saturated carbocycles. The van der Waals surface area contributed by atoms with E-state index in [0.29, 0.717) is 28.7 Å². The molecule has 4 rings (SSSR count). The molecule has 1 fully saturated rings. The van der Waals surface area contributed by atoms with Gasteiger partial charge in [0.1, 0.15) is 4.21 Å². The van der Waals surface area contributed by atoms with Gasteiger partial charge < -0.3 is 14.6 Å². The second-order valence-corrected chi connectivity index (χ2v) is 9.38. The minimum absolute atomic E-state index is 0.0960. The molecule has 0 bridgehead atoms. The molecule has 0 radical (unpaired) electrons. The third-order valence-corrected chi connectivity index (χ3v) is 8.29. The van der Waals surface area contributed by atoms with Crippen molar-refractivity contribution in [2.24, 2.45) is 0 Å². The molecule has 0 amide bonds. The van der Waals surface area contributed by atoms with Gasteiger partial charge in [0.05, 0.1) is 6.10 Å². The number of hydrogen-bond acceptors (Lipinski definition) is 6. The van der Waals surface area contributed by atoms with E-state index >= 15 is 0 Å². The van der Waals surface area contributed by atoms with Gasteiger partial charge in [0.15, 0.2) is 11.5 Å². The summed E-state index contributed by atoms with van der Waals surface area (Å²) < 4.78 is 38.1. The Hall–Kier alpha value is -1.61. The van der Waals surface area contributed by atoms with Crippen LogP contribution in [0.1, 0.15) is 23.5 Å². The fourth-order valence-corrected chi connectivity index (χ4v) is 6.42. The number of hydrogen-bond donors (Lipinski definition) is 1. The highest BCUT2D eigenvalue weighted by atomic mass is 32.2. The minimum atomic E-state index is -3.55. The third kappa shape index (κ3) is 2.93. The van der Waals surface area contributed by atoms with Gasteiger partial charge in [-0.15, -0.1) is 11.3 Å². The second-order valence-electron chi connectivity index (χ2n) is 6.33. The number of thiophene rings is 1. The van der Waals surface area contributed by atoms with Crippen LogP contribution >= 0.6 is 11.3 Å². The molecule has 0 aliphatic carbocycles. The van der Waals surface area contributed by atoms with Crippen molar-refractivity contribution in [1.29, 1.82) is 0 Å². The summed E-state index contributed by atoms with van der Waals surface area (Å²) in [6.45, 7) is 2.48. The van der Waals surface area contributed by atoms with E-state index in [1.807, 2.05) is 18.2 Å². The van der Waals surface area contributed by atoms with E-state index in [9.17, 15) is 13.5 Å². The maximum Gasteiger partial charge on any atom is 0.252 e. The predicted octanol–water partition coefficient (Wildman–Crippen LogP) is 2.32. The van der Waals surface area contributed by atoms with Crippen molar-refractivity contribution < 1.29 is 23.0 Å². The third-order valence-electron chi connectivity index (χ3n) is 4.76. The van der Waals surface area contributed by atoms with Crippen molar-refractivity contribution in [2.75, 3.05) is 19.9 Å². The summed E-state index contributed by atoms with van der Waals surface area (Å²) in [5.41, 5.74) is 1.69. The van der Waals surface area contributed by atoms with Gasteiger partial charge >= 0.3 is 0 Å². The highest BCUT2D eigenvalue weighted by Crippen LogP contribution is 2.38. The molecule has 3 heterocycles. The Morgan fingerprint density at radius 1 is 1.24 bits per heavy atom. The zero-order chi connectivity index (χ0) is 17.6. The number of fused-ring (bicyclic) bond motifs is 1. The molecule has 1 aromatic carbocycles. The number of aliphatic hydroxyl groups excluding tert-OH is 1. The Morgan fingerprint density at radius 2 is 2.04 bits per heavy atom. The van der Waals surface area contributed by atoms with Crippen LogP contribution in [-0.2, 0) is 10.0 Å². The SMILES string of the molecule is Cc1ccsc1S(=O)(=O)N1CC[C@@H](c2ccc3c(c2)OCO3)[C@H](O)C1. The van der Waals surface area contributed by atoms with Gasteiger partial charge in [-0.1, -0.05) is 6.07 Å². The molecular formula is C17H19NO5S2.